The zero-order valence-electron chi connectivity index (χ0n) is 19.7. The van der Waals surface area contributed by atoms with Crippen molar-refractivity contribution in [3.05, 3.63) is 60.3 Å². The number of likely N-dealkylation sites (tertiary alicyclic amines) is 2. The van der Waals surface area contributed by atoms with Gasteiger partial charge in [0, 0.05) is 43.5 Å². The lowest BCUT2D eigenvalue weighted by atomic mass is 9.92. The smallest absolute Gasteiger partial charge is 0.252 e. The standard InChI is InChI=1S/C26H33N5O3/c1-3-24(32)31-16-10-18(11-17-31)23-9-8-22(25(27)33)26(29-23)28-19-4-6-20(7-5-19)34-21-12-14-30(2)15-13-21/h3-9,18,21H,1,10-17H2,2H3,(H2,27,33)(H,28,29). The summed E-state index contributed by atoms with van der Waals surface area (Å²) in [4.78, 5) is 32.7. The van der Waals surface area contributed by atoms with E-state index < -0.39 is 5.91 Å². The number of pyridine rings is 1. The van der Waals surface area contributed by atoms with Crippen LogP contribution in [-0.4, -0.2) is 65.9 Å². The number of hydrogen-bond acceptors (Lipinski definition) is 6. The minimum Gasteiger partial charge on any atom is -0.490 e. The lowest BCUT2D eigenvalue weighted by Gasteiger charge is -2.31. The molecule has 0 saturated carbocycles. The molecule has 2 saturated heterocycles. The number of ether oxygens (including phenoxy) is 1. The molecule has 3 N–H and O–H groups in total. The molecule has 0 bridgehead atoms. The van der Waals surface area contributed by atoms with E-state index in [0.29, 0.717) is 24.5 Å². The largest absolute Gasteiger partial charge is 0.490 e. The van der Waals surface area contributed by atoms with Crippen LogP contribution in [0.5, 0.6) is 5.75 Å². The third-order valence-corrected chi connectivity index (χ3v) is 6.67. The van der Waals surface area contributed by atoms with E-state index in [1.807, 2.05) is 30.3 Å². The summed E-state index contributed by atoms with van der Waals surface area (Å²) in [6, 6.07) is 11.3. The summed E-state index contributed by atoms with van der Waals surface area (Å²) in [5.41, 5.74) is 7.64. The number of piperidine rings is 2. The van der Waals surface area contributed by atoms with Gasteiger partial charge in [-0.15, -0.1) is 0 Å². The van der Waals surface area contributed by atoms with Gasteiger partial charge in [-0.1, -0.05) is 6.58 Å². The maximum Gasteiger partial charge on any atom is 0.252 e. The van der Waals surface area contributed by atoms with Gasteiger partial charge in [0.1, 0.15) is 17.7 Å². The number of carbonyl (C=O) groups excluding carboxylic acids is 2. The predicted molar refractivity (Wildman–Crippen MR) is 132 cm³/mol. The van der Waals surface area contributed by atoms with E-state index in [1.54, 1.807) is 11.0 Å². The molecule has 0 spiro atoms. The van der Waals surface area contributed by atoms with Crippen LogP contribution in [0.2, 0.25) is 0 Å². The predicted octanol–water partition coefficient (Wildman–Crippen LogP) is 3.29. The van der Waals surface area contributed by atoms with Gasteiger partial charge in [-0.25, -0.2) is 4.98 Å². The van der Waals surface area contributed by atoms with Crippen molar-refractivity contribution in [2.24, 2.45) is 5.73 Å². The second-order valence-electron chi connectivity index (χ2n) is 9.07. The molecule has 0 atom stereocenters. The molecule has 0 unspecified atom stereocenters. The van der Waals surface area contributed by atoms with Gasteiger partial charge in [0.25, 0.3) is 5.91 Å². The average Bonchev–Trinajstić information content (AvgIpc) is 2.86. The second-order valence-corrected chi connectivity index (χ2v) is 9.07. The van der Waals surface area contributed by atoms with Crippen molar-refractivity contribution in [1.82, 2.24) is 14.8 Å². The van der Waals surface area contributed by atoms with Crippen LogP contribution in [0.3, 0.4) is 0 Å². The number of rotatable bonds is 7. The Labute approximate surface area is 200 Å². The first kappa shape index (κ1) is 23.8. The van der Waals surface area contributed by atoms with Crippen LogP contribution >= 0.6 is 0 Å². The van der Waals surface area contributed by atoms with Crippen molar-refractivity contribution in [3.8, 4) is 5.75 Å². The van der Waals surface area contributed by atoms with Gasteiger partial charge in [-0.2, -0.15) is 0 Å². The first-order valence-electron chi connectivity index (χ1n) is 11.9. The fourth-order valence-corrected chi connectivity index (χ4v) is 4.57. The summed E-state index contributed by atoms with van der Waals surface area (Å²) in [7, 11) is 2.13. The molecule has 8 nitrogen and oxygen atoms in total. The SMILES string of the molecule is C=CC(=O)N1CCC(c2ccc(C(N)=O)c(Nc3ccc(OC4CCN(C)CC4)cc3)n2)CC1. The van der Waals surface area contributed by atoms with Crippen LogP contribution in [-0.2, 0) is 4.79 Å². The summed E-state index contributed by atoms with van der Waals surface area (Å²) in [6.45, 7) is 6.98. The Kier molecular flexibility index (Phi) is 7.47. The van der Waals surface area contributed by atoms with Gasteiger partial charge in [-0.3, -0.25) is 9.59 Å². The highest BCUT2D eigenvalue weighted by Crippen LogP contribution is 2.30. The Balaban J connectivity index is 1.44. The molecule has 0 aliphatic carbocycles. The Morgan fingerprint density at radius 1 is 1.06 bits per heavy atom. The van der Waals surface area contributed by atoms with E-state index in [2.05, 4.69) is 23.8 Å². The van der Waals surface area contributed by atoms with Crippen molar-refractivity contribution < 1.29 is 14.3 Å². The van der Waals surface area contributed by atoms with Gasteiger partial charge < -0.3 is 25.6 Å². The van der Waals surface area contributed by atoms with Crippen molar-refractivity contribution in [3.63, 3.8) is 0 Å². The van der Waals surface area contributed by atoms with E-state index in [9.17, 15) is 9.59 Å². The number of nitrogens with one attached hydrogen (secondary N) is 1. The van der Waals surface area contributed by atoms with Crippen LogP contribution in [0.25, 0.3) is 0 Å². The minimum atomic E-state index is -0.532. The number of primary amides is 1. The van der Waals surface area contributed by atoms with E-state index in [-0.39, 0.29) is 17.9 Å². The highest BCUT2D eigenvalue weighted by atomic mass is 16.5. The second kappa shape index (κ2) is 10.7. The first-order valence-corrected chi connectivity index (χ1v) is 11.9. The Morgan fingerprint density at radius 3 is 2.35 bits per heavy atom. The maximum atomic E-state index is 12.0. The fourth-order valence-electron chi connectivity index (χ4n) is 4.57. The van der Waals surface area contributed by atoms with E-state index in [4.69, 9.17) is 15.5 Å². The van der Waals surface area contributed by atoms with Gasteiger partial charge >= 0.3 is 0 Å². The van der Waals surface area contributed by atoms with Gasteiger partial charge in [0.15, 0.2) is 0 Å². The average molecular weight is 464 g/mol. The number of anilines is 2. The molecule has 4 rings (SSSR count). The number of amides is 2. The number of benzene rings is 1. The Hall–Kier alpha value is -3.39. The third-order valence-electron chi connectivity index (χ3n) is 6.67. The van der Waals surface area contributed by atoms with Crippen molar-refractivity contribution in [1.29, 1.82) is 0 Å². The van der Waals surface area contributed by atoms with E-state index in [1.165, 1.54) is 6.08 Å². The number of carbonyl (C=O) groups is 2. The number of aromatic nitrogens is 1. The zero-order valence-corrected chi connectivity index (χ0v) is 19.7. The highest BCUT2D eigenvalue weighted by molar-refractivity contribution is 5.98. The molecule has 2 aromatic rings. The maximum absolute atomic E-state index is 12.0. The molecule has 34 heavy (non-hydrogen) atoms. The molecule has 180 valence electrons. The topological polar surface area (TPSA) is 101 Å². The molecule has 3 heterocycles. The van der Waals surface area contributed by atoms with Crippen LogP contribution < -0.4 is 15.8 Å². The number of nitrogens with two attached hydrogens (primary N) is 1. The molecule has 1 aromatic heterocycles. The summed E-state index contributed by atoms with van der Waals surface area (Å²) in [5, 5.41) is 3.25. The summed E-state index contributed by atoms with van der Waals surface area (Å²) in [6.07, 6.45) is 5.26. The van der Waals surface area contributed by atoms with Crippen molar-refractivity contribution in [2.75, 3.05) is 38.5 Å². The lowest BCUT2D eigenvalue weighted by Crippen LogP contribution is -2.37. The van der Waals surface area contributed by atoms with Crippen molar-refractivity contribution in [2.45, 2.75) is 37.7 Å². The van der Waals surface area contributed by atoms with Crippen LogP contribution in [0.15, 0.2) is 49.1 Å². The van der Waals surface area contributed by atoms with Crippen LogP contribution in [0.1, 0.15) is 47.7 Å². The third kappa shape index (κ3) is 5.75. The van der Waals surface area contributed by atoms with E-state index >= 15 is 0 Å². The summed E-state index contributed by atoms with van der Waals surface area (Å²) < 4.78 is 6.12. The van der Waals surface area contributed by atoms with Crippen molar-refractivity contribution >= 4 is 23.3 Å². The zero-order chi connectivity index (χ0) is 24.1. The Bertz CT molecular complexity index is 1020. The molecule has 2 aliphatic rings. The molecule has 2 amide bonds. The fraction of sp³-hybridized carbons (Fsp3) is 0.423. The number of hydrogen-bond donors (Lipinski definition) is 2. The van der Waals surface area contributed by atoms with Gasteiger partial charge in [0.05, 0.1) is 5.56 Å². The van der Waals surface area contributed by atoms with Gasteiger partial charge in [-0.05, 0) is 75.2 Å². The lowest BCUT2D eigenvalue weighted by molar-refractivity contribution is -0.127. The highest BCUT2D eigenvalue weighted by Gasteiger charge is 2.25. The van der Waals surface area contributed by atoms with E-state index in [0.717, 1.165) is 55.9 Å². The quantitative estimate of drug-likeness (QED) is 0.611. The van der Waals surface area contributed by atoms with Crippen LogP contribution in [0.4, 0.5) is 11.5 Å². The molecule has 2 fully saturated rings. The summed E-state index contributed by atoms with van der Waals surface area (Å²) >= 11 is 0. The molecule has 1 aromatic carbocycles. The molecule has 0 radical (unpaired) electrons. The molecule has 2 aliphatic heterocycles. The summed E-state index contributed by atoms with van der Waals surface area (Å²) in [5.74, 6) is 0.911. The number of nitrogens with zero attached hydrogens (tertiary/aromatic N) is 3. The monoisotopic (exact) mass is 463 g/mol. The molecular formula is C26H33N5O3. The molecular weight excluding hydrogens is 430 g/mol. The first-order chi connectivity index (χ1) is 16.4. The Morgan fingerprint density at radius 2 is 1.74 bits per heavy atom. The normalized spacial score (nSPS) is 17.9. The minimum absolute atomic E-state index is 0.0407. The van der Waals surface area contributed by atoms with Gasteiger partial charge in [0.2, 0.25) is 5.91 Å². The molecule has 8 heteroatoms. The van der Waals surface area contributed by atoms with Crippen LogP contribution in [0, 0.1) is 0 Å².